The topological polar surface area (TPSA) is 37.3 Å². The summed E-state index contributed by atoms with van der Waals surface area (Å²) in [5, 5.41) is 9.21. The van der Waals surface area contributed by atoms with Gasteiger partial charge in [0.25, 0.3) is 0 Å². The summed E-state index contributed by atoms with van der Waals surface area (Å²) in [6, 6.07) is 9.22. The van der Waals surface area contributed by atoms with Gasteiger partial charge in [-0.05, 0) is 5.56 Å². The lowest BCUT2D eigenvalue weighted by atomic mass is 9.78. The van der Waals surface area contributed by atoms with Crippen LogP contribution in [-0.2, 0) is 10.2 Å². The predicted octanol–water partition coefficient (Wildman–Crippen LogP) is 2.77. The predicted molar refractivity (Wildman–Crippen MR) is 60.8 cm³/mol. The van der Waals surface area contributed by atoms with Crippen LogP contribution in [0, 0.1) is 0 Å². The third-order valence-corrected chi connectivity index (χ3v) is 2.38. The number of rotatable bonds is 5. The Kier molecular flexibility index (Phi) is 3.45. The number of carbonyl (C=O) groups is 1. The number of aliphatic hydroxyl groups excluding tert-OH is 1. The van der Waals surface area contributed by atoms with Crippen molar-refractivity contribution in [3.8, 4) is 0 Å². The number of hydrogen-bond donors (Lipinski definition) is 1. The monoisotopic (exact) mass is 202 g/mol. The molecule has 0 aromatic heterocycles. The number of allylic oxidation sites excluding steroid dienone is 2. The summed E-state index contributed by atoms with van der Waals surface area (Å²) in [7, 11) is 0. The third-order valence-electron chi connectivity index (χ3n) is 2.38. The van der Waals surface area contributed by atoms with Crippen LogP contribution >= 0.6 is 0 Å². The SMILES string of the molecule is C=CC(C=O)(CC(=C)O)c1ccccc1. The molecule has 1 unspecified atom stereocenters. The Morgan fingerprint density at radius 3 is 2.40 bits per heavy atom. The normalized spacial score (nSPS) is 13.9. The number of benzene rings is 1. The summed E-state index contributed by atoms with van der Waals surface area (Å²) in [5.74, 6) is -0.0224. The van der Waals surface area contributed by atoms with Crippen LogP contribution in [0.5, 0.6) is 0 Å². The highest BCUT2D eigenvalue weighted by Gasteiger charge is 2.29. The average Bonchev–Trinajstić information content (AvgIpc) is 2.27. The van der Waals surface area contributed by atoms with Gasteiger partial charge in [-0.15, -0.1) is 6.58 Å². The number of carbonyl (C=O) groups excluding carboxylic acids is 1. The van der Waals surface area contributed by atoms with Crippen molar-refractivity contribution in [2.24, 2.45) is 0 Å². The molecular formula is C13H14O2. The van der Waals surface area contributed by atoms with E-state index in [4.69, 9.17) is 0 Å². The smallest absolute Gasteiger partial charge is 0.134 e. The van der Waals surface area contributed by atoms with E-state index < -0.39 is 5.41 Å². The molecule has 0 aliphatic carbocycles. The molecule has 2 nitrogen and oxygen atoms in total. The zero-order valence-corrected chi connectivity index (χ0v) is 8.52. The Labute approximate surface area is 89.6 Å². The molecule has 1 rings (SSSR count). The Morgan fingerprint density at radius 2 is 2.00 bits per heavy atom. The molecule has 0 aliphatic rings. The average molecular weight is 202 g/mol. The van der Waals surface area contributed by atoms with Crippen LogP contribution in [0.4, 0.5) is 0 Å². The Morgan fingerprint density at radius 1 is 1.40 bits per heavy atom. The first-order chi connectivity index (χ1) is 7.14. The van der Waals surface area contributed by atoms with Gasteiger partial charge in [0.1, 0.15) is 6.29 Å². The lowest BCUT2D eigenvalue weighted by Gasteiger charge is -2.23. The van der Waals surface area contributed by atoms with Crippen LogP contribution in [0.25, 0.3) is 0 Å². The molecule has 0 radical (unpaired) electrons. The molecule has 2 heteroatoms. The zero-order valence-electron chi connectivity index (χ0n) is 8.52. The van der Waals surface area contributed by atoms with E-state index in [2.05, 4.69) is 13.2 Å². The lowest BCUT2D eigenvalue weighted by Crippen LogP contribution is -2.25. The molecule has 0 bridgehead atoms. The van der Waals surface area contributed by atoms with Gasteiger partial charge in [0, 0.05) is 6.42 Å². The van der Waals surface area contributed by atoms with Gasteiger partial charge in [0.15, 0.2) is 0 Å². The molecule has 78 valence electrons. The number of aliphatic hydroxyl groups is 1. The van der Waals surface area contributed by atoms with E-state index in [9.17, 15) is 9.90 Å². The van der Waals surface area contributed by atoms with Gasteiger partial charge in [-0.1, -0.05) is 43.0 Å². The molecule has 1 aromatic carbocycles. The van der Waals surface area contributed by atoms with Gasteiger partial charge in [0.2, 0.25) is 0 Å². The van der Waals surface area contributed by atoms with Gasteiger partial charge in [-0.2, -0.15) is 0 Å². The van der Waals surface area contributed by atoms with Crippen molar-refractivity contribution in [1.82, 2.24) is 0 Å². The van der Waals surface area contributed by atoms with E-state index in [1.165, 1.54) is 6.08 Å². The van der Waals surface area contributed by atoms with Gasteiger partial charge in [0.05, 0.1) is 11.2 Å². The maximum absolute atomic E-state index is 11.2. The molecule has 0 saturated carbocycles. The molecule has 1 aromatic rings. The highest BCUT2D eigenvalue weighted by Crippen LogP contribution is 2.29. The van der Waals surface area contributed by atoms with Crippen LogP contribution in [0.2, 0.25) is 0 Å². The minimum atomic E-state index is -0.868. The molecule has 0 amide bonds. The van der Waals surface area contributed by atoms with Crippen LogP contribution < -0.4 is 0 Å². The van der Waals surface area contributed by atoms with E-state index in [0.717, 1.165) is 11.8 Å². The largest absolute Gasteiger partial charge is 0.513 e. The second-order valence-corrected chi connectivity index (χ2v) is 3.47. The molecule has 0 fully saturated rings. The molecular weight excluding hydrogens is 188 g/mol. The molecule has 1 N–H and O–H groups in total. The molecule has 0 aliphatic heterocycles. The van der Waals surface area contributed by atoms with Crippen LogP contribution in [-0.4, -0.2) is 11.4 Å². The molecule has 0 spiro atoms. The fourth-order valence-corrected chi connectivity index (χ4v) is 1.54. The molecule has 15 heavy (non-hydrogen) atoms. The first-order valence-corrected chi connectivity index (χ1v) is 4.67. The van der Waals surface area contributed by atoms with Crippen molar-refractivity contribution in [2.45, 2.75) is 11.8 Å². The standard InChI is InChI=1S/C13H14O2/c1-3-13(10-14,9-11(2)15)12-7-5-4-6-8-12/h3-8,10,15H,1-2,9H2. The summed E-state index contributed by atoms with van der Waals surface area (Å²) in [4.78, 5) is 11.2. The van der Waals surface area contributed by atoms with Crippen molar-refractivity contribution < 1.29 is 9.90 Å². The Hall–Kier alpha value is -1.83. The van der Waals surface area contributed by atoms with Gasteiger partial charge < -0.3 is 9.90 Å². The first kappa shape index (κ1) is 11.2. The maximum atomic E-state index is 11.2. The summed E-state index contributed by atoms with van der Waals surface area (Å²) >= 11 is 0. The molecule has 1 atom stereocenters. The second-order valence-electron chi connectivity index (χ2n) is 3.47. The minimum absolute atomic E-state index is 0.0224. The summed E-state index contributed by atoms with van der Waals surface area (Å²) in [5.41, 5.74) is -0.0576. The van der Waals surface area contributed by atoms with Gasteiger partial charge in [-0.3, -0.25) is 0 Å². The highest BCUT2D eigenvalue weighted by atomic mass is 16.3. The molecule has 0 heterocycles. The lowest BCUT2D eigenvalue weighted by molar-refractivity contribution is -0.111. The fourth-order valence-electron chi connectivity index (χ4n) is 1.54. The minimum Gasteiger partial charge on any atom is -0.513 e. The second kappa shape index (κ2) is 4.60. The summed E-state index contributed by atoms with van der Waals surface area (Å²) in [6.07, 6.45) is 2.50. The highest BCUT2D eigenvalue weighted by molar-refractivity contribution is 5.72. The van der Waals surface area contributed by atoms with Crippen molar-refractivity contribution in [1.29, 1.82) is 0 Å². The number of aldehydes is 1. The van der Waals surface area contributed by atoms with E-state index in [0.29, 0.717) is 0 Å². The Balaban J connectivity index is 3.16. The molecule has 0 saturated heterocycles. The van der Waals surface area contributed by atoms with Crippen molar-refractivity contribution >= 4 is 6.29 Å². The van der Waals surface area contributed by atoms with E-state index in [-0.39, 0.29) is 12.2 Å². The third kappa shape index (κ3) is 2.34. The summed E-state index contributed by atoms with van der Waals surface area (Å²) < 4.78 is 0. The van der Waals surface area contributed by atoms with E-state index >= 15 is 0 Å². The first-order valence-electron chi connectivity index (χ1n) is 4.67. The van der Waals surface area contributed by atoms with Gasteiger partial charge >= 0.3 is 0 Å². The van der Waals surface area contributed by atoms with Crippen LogP contribution in [0.3, 0.4) is 0 Å². The Bertz CT molecular complexity index is 357. The van der Waals surface area contributed by atoms with Gasteiger partial charge in [-0.25, -0.2) is 0 Å². The van der Waals surface area contributed by atoms with Crippen molar-refractivity contribution in [3.63, 3.8) is 0 Å². The van der Waals surface area contributed by atoms with Crippen molar-refractivity contribution in [2.75, 3.05) is 0 Å². The zero-order chi connectivity index (χ0) is 11.3. The summed E-state index contributed by atoms with van der Waals surface area (Å²) in [6.45, 7) is 7.06. The van der Waals surface area contributed by atoms with E-state index in [1.54, 1.807) is 0 Å². The van der Waals surface area contributed by atoms with E-state index in [1.807, 2.05) is 30.3 Å². The maximum Gasteiger partial charge on any atom is 0.134 e. The quantitative estimate of drug-likeness (QED) is 0.453. The fraction of sp³-hybridized carbons (Fsp3) is 0.154. The van der Waals surface area contributed by atoms with Crippen LogP contribution in [0.15, 0.2) is 55.3 Å². The van der Waals surface area contributed by atoms with Crippen molar-refractivity contribution in [3.05, 3.63) is 60.9 Å². The van der Waals surface area contributed by atoms with Crippen LogP contribution in [0.1, 0.15) is 12.0 Å². The number of hydrogen-bond acceptors (Lipinski definition) is 2.